The second-order valence-corrected chi connectivity index (χ2v) is 6.57. The van der Waals surface area contributed by atoms with Crippen molar-refractivity contribution in [2.75, 3.05) is 5.32 Å². The lowest BCUT2D eigenvalue weighted by atomic mass is 10.0. The summed E-state index contributed by atoms with van der Waals surface area (Å²) in [5, 5.41) is 5.98. The van der Waals surface area contributed by atoms with Crippen LogP contribution in [0.15, 0.2) is 84.9 Å². The molecule has 0 bridgehead atoms. The Kier molecular flexibility index (Phi) is 6.58. The van der Waals surface area contributed by atoms with Crippen molar-refractivity contribution in [2.45, 2.75) is 25.8 Å². The van der Waals surface area contributed by atoms with E-state index in [1.54, 1.807) is 12.1 Å². The molecule has 4 heteroatoms. The average Bonchev–Trinajstić information content (AvgIpc) is 2.75. The number of benzene rings is 3. The van der Waals surface area contributed by atoms with Crippen molar-refractivity contribution < 1.29 is 9.59 Å². The van der Waals surface area contributed by atoms with Gasteiger partial charge in [0.2, 0.25) is 5.91 Å². The highest BCUT2D eigenvalue weighted by atomic mass is 16.2. The van der Waals surface area contributed by atoms with E-state index in [9.17, 15) is 9.59 Å². The number of carbonyl (C=O) groups excluding carboxylic acids is 2. The summed E-state index contributed by atoms with van der Waals surface area (Å²) in [7, 11) is 0. The molecule has 0 unspecified atom stereocenters. The van der Waals surface area contributed by atoms with Crippen molar-refractivity contribution in [3.8, 4) is 0 Å². The van der Waals surface area contributed by atoms with Gasteiger partial charge in [0.05, 0.1) is 12.5 Å². The number of aryl methyl sites for hydroxylation is 1. The Hall–Kier alpha value is -3.40. The van der Waals surface area contributed by atoms with Gasteiger partial charge in [0.25, 0.3) is 5.91 Å². The Morgan fingerprint density at radius 3 is 2.11 bits per heavy atom. The van der Waals surface area contributed by atoms with Gasteiger partial charge in [-0.15, -0.1) is 0 Å². The summed E-state index contributed by atoms with van der Waals surface area (Å²) >= 11 is 0. The second kappa shape index (κ2) is 9.51. The molecule has 4 nitrogen and oxygen atoms in total. The molecular weight excluding hydrogens is 348 g/mol. The molecule has 0 aliphatic rings. The van der Waals surface area contributed by atoms with Crippen LogP contribution < -0.4 is 10.6 Å². The second-order valence-electron chi connectivity index (χ2n) is 6.57. The Bertz CT molecular complexity index is 924. The number of rotatable bonds is 7. The first-order valence-corrected chi connectivity index (χ1v) is 9.46. The van der Waals surface area contributed by atoms with Crippen LogP contribution in [-0.4, -0.2) is 11.8 Å². The largest absolute Gasteiger partial charge is 0.345 e. The molecule has 0 radical (unpaired) electrons. The Morgan fingerprint density at radius 2 is 1.43 bits per heavy atom. The monoisotopic (exact) mass is 372 g/mol. The standard InChI is InChI=1S/C24H24N2O2/c1-2-18-11-9-10-16-21(18)25-23(27)17-22(19-12-5-3-6-13-19)26-24(28)20-14-7-4-8-15-20/h3-16,22H,2,17H2,1H3,(H,25,27)(H,26,28)/t22-/m0/s1. The first-order valence-electron chi connectivity index (χ1n) is 9.46. The number of hydrogen-bond acceptors (Lipinski definition) is 2. The zero-order valence-corrected chi connectivity index (χ0v) is 15.9. The van der Waals surface area contributed by atoms with E-state index in [2.05, 4.69) is 17.6 Å². The van der Waals surface area contributed by atoms with Crippen molar-refractivity contribution in [1.29, 1.82) is 0 Å². The molecule has 0 fully saturated rings. The van der Waals surface area contributed by atoms with Crippen LogP contribution in [0.3, 0.4) is 0 Å². The molecule has 2 amide bonds. The van der Waals surface area contributed by atoms with Gasteiger partial charge in [-0.05, 0) is 35.7 Å². The third-order valence-electron chi connectivity index (χ3n) is 4.61. The van der Waals surface area contributed by atoms with Crippen molar-refractivity contribution in [3.05, 3.63) is 102 Å². The van der Waals surface area contributed by atoms with Crippen LogP contribution in [0.1, 0.15) is 40.9 Å². The minimum atomic E-state index is -0.414. The first kappa shape index (κ1) is 19.4. The molecule has 0 heterocycles. The first-order chi connectivity index (χ1) is 13.7. The van der Waals surface area contributed by atoms with Gasteiger partial charge < -0.3 is 10.6 Å². The topological polar surface area (TPSA) is 58.2 Å². The summed E-state index contributed by atoms with van der Waals surface area (Å²) in [4.78, 5) is 25.3. The number of carbonyl (C=O) groups is 2. The Balaban J connectivity index is 1.76. The van der Waals surface area contributed by atoms with E-state index in [0.29, 0.717) is 5.56 Å². The van der Waals surface area contributed by atoms with Crippen LogP contribution in [0.5, 0.6) is 0 Å². The summed E-state index contributed by atoms with van der Waals surface area (Å²) in [5.41, 5.74) is 3.36. The summed E-state index contributed by atoms with van der Waals surface area (Å²) in [5.74, 6) is -0.334. The average molecular weight is 372 g/mol. The van der Waals surface area contributed by atoms with Crippen LogP contribution >= 0.6 is 0 Å². The lowest BCUT2D eigenvalue weighted by Gasteiger charge is -2.19. The van der Waals surface area contributed by atoms with Gasteiger partial charge in [-0.2, -0.15) is 0 Å². The summed E-state index contributed by atoms with van der Waals surface area (Å²) in [6.45, 7) is 2.05. The van der Waals surface area contributed by atoms with E-state index in [1.165, 1.54) is 0 Å². The van der Waals surface area contributed by atoms with Crippen LogP contribution in [0.2, 0.25) is 0 Å². The van der Waals surface area contributed by atoms with E-state index >= 15 is 0 Å². The smallest absolute Gasteiger partial charge is 0.251 e. The fraction of sp³-hybridized carbons (Fsp3) is 0.167. The maximum Gasteiger partial charge on any atom is 0.251 e. The normalized spacial score (nSPS) is 11.5. The number of amides is 2. The minimum Gasteiger partial charge on any atom is -0.345 e. The number of nitrogens with one attached hydrogen (secondary N) is 2. The lowest BCUT2D eigenvalue weighted by Crippen LogP contribution is -2.31. The van der Waals surface area contributed by atoms with E-state index in [1.807, 2.05) is 72.8 Å². The predicted molar refractivity (Wildman–Crippen MR) is 112 cm³/mol. The molecule has 0 aromatic heterocycles. The number of para-hydroxylation sites is 1. The van der Waals surface area contributed by atoms with Crippen LogP contribution in [0.4, 0.5) is 5.69 Å². The quantitative estimate of drug-likeness (QED) is 0.629. The van der Waals surface area contributed by atoms with Crippen molar-refractivity contribution in [2.24, 2.45) is 0 Å². The molecule has 0 aliphatic carbocycles. The molecule has 2 N–H and O–H groups in total. The van der Waals surface area contributed by atoms with E-state index < -0.39 is 6.04 Å². The molecule has 3 rings (SSSR count). The predicted octanol–water partition coefficient (Wildman–Crippen LogP) is 4.75. The van der Waals surface area contributed by atoms with E-state index in [-0.39, 0.29) is 18.2 Å². The lowest BCUT2D eigenvalue weighted by molar-refractivity contribution is -0.116. The maximum absolute atomic E-state index is 12.7. The summed E-state index contributed by atoms with van der Waals surface area (Å²) in [6.07, 6.45) is 0.990. The van der Waals surface area contributed by atoms with Gasteiger partial charge in [0.15, 0.2) is 0 Å². The fourth-order valence-corrected chi connectivity index (χ4v) is 3.11. The van der Waals surface area contributed by atoms with Gasteiger partial charge in [-0.25, -0.2) is 0 Å². The summed E-state index contributed by atoms with van der Waals surface area (Å²) in [6, 6.07) is 25.9. The Labute approximate surface area is 165 Å². The van der Waals surface area contributed by atoms with Crippen molar-refractivity contribution in [3.63, 3.8) is 0 Å². The van der Waals surface area contributed by atoms with Crippen LogP contribution in [0.25, 0.3) is 0 Å². The molecule has 0 aliphatic heterocycles. The molecular formula is C24H24N2O2. The van der Waals surface area contributed by atoms with Crippen molar-refractivity contribution in [1.82, 2.24) is 5.32 Å². The highest BCUT2D eigenvalue weighted by Gasteiger charge is 2.19. The van der Waals surface area contributed by atoms with E-state index in [0.717, 1.165) is 23.2 Å². The van der Waals surface area contributed by atoms with E-state index in [4.69, 9.17) is 0 Å². The molecule has 28 heavy (non-hydrogen) atoms. The molecule has 0 saturated carbocycles. The fourth-order valence-electron chi connectivity index (χ4n) is 3.11. The minimum absolute atomic E-state index is 0.136. The molecule has 1 atom stereocenters. The molecule has 0 saturated heterocycles. The maximum atomic E-state index is 12.7. The molecule has 0 spiro atoms. The zero-order valence-electron chi connectivity index (χ0n) is 15.9. The SMILES string of the molecule is CCc1ccccc1NC(=O)C[C@H](NC(=O)c1ccccc1)c1ccccc1. The molecule has 142 valence electrons. The molecule has 3 aromatic carbocycles. The third kappa shape index (κ3) is 5.07. The Morgan fingerprint density at radius 1 is 0.821 bits per heavy atom. The van der Waals surface area contributed by atoms with Crippen LogP contribution in [0, 0.1) is 0 Å². The summed E-state index contributed by atoms with van der Waals surface area (Å²) < 4.78 is 0. The van der Waals surface area contributed by atoms with Gasteiger partial charge >= 0.3 is 0 Å². The number of hydrogen-bond donors (Lipinski definition) is 2. The highest BCUT2D eigenvalue weighted by Crippen LogP contribution is 2.20. The zero-order chi connectivity index (χ0) is 19.8. The van der Waals surface area contributed by atoms with Gasteiger partial charge in [0, 0.05) is 11.3 Å². The highest BCUT2D eigenvalue weighted by molar-refractivity contribution is 5.96. The van der Waals surface area contributed by atoms with Gasteiger partial charge in [0.1, 0.15) is 0 Å². The van der Waals surface area contributed by atoms with Crippen molar-refractivity contribution >= 4 is 17.5 Å². The molecule has 3 aromatic rings. The third-order valence-corrected chi connectivity index (χ3v) is 4.61. The number of anilines is 1. The van der Waals surface area contributed by atoms with Crippen LogP contribution in [-0.2, 0) is 11.2 Å². The van der Waals surface area contributed by atoms with Gasteiger partial charge in [-0.3, -0.25) is 9.59 Å². The van der Waals surface area contributed by atoms with Gasteiger partial charge in [-0.1, -0.05) is 73.7 Å².